The van der Waals surface area contributed by atoms with Crippen LogP contribution in [0.1, 0.15) is 48.8 Å². The van der Waals surface area contributed by atoms with Crippen LogP contribution < -0.4 is 9.47 Å². The molecule has 1 saturated carbocycles. The fourth-order valence-electron chi connectivity index (χ4n) is 4.26. The van der Waals surface area contributed by atoms with Gasteiger partial charge in [-0.1, -0.05) is 18.2 Å². The Kier molecular flexibility index (Phi) is 5.84. The molecule has 2 aliphatic rings. The smallest absolute Gasteiger partial charge is 0.223 e. The second kappa shape index (κ2) is 8.68. The molecule has 0 saturated heterocycles. The van der Waals surface area contributed by atoms with Crippen molar-refractivity contribution in [2.75, 3.05) is 13.7 Å². The van der Waals surface area contributed by atoms with Gasteiger partial charge in [-0.3, -0.25) is 4.79 Å². The number of aryl methyl sites for hydroxylation is 1. The minimum Gasteiger partial charge on any atom is -0.497 e. The van der Waals surface area contributed by atoms with E-state index in [4.69, 9.17) is 9.47 Å². The van der Waals surface area contributed by atoms with Crippen LogP contribution in [0.15, 0.2) is 42.5 Å². The number of nitrogens with zero attached hydrogens (tertiary/aromatic N) is 1. The Labute approximate surface area is 167 Å². The highest BCUT2D eigenvalue weighted by Gasteiger charge is 2.21. The molecule has 1 fully saturated rings. The molecule has 1 aliphatic heterocycles. The molecular formula is C24H29NO3. The summed E-state index contributed by atoms with van der Waals surface area (Å²) in [5.74, 6) is 2.01. The quantitative estimate of drug-likeness (QED) is 0.740. The maximum Gasteiger partial charge on any atom is 0.223 e. The van der Waals surface area contributed by atoms with Gasteiger partial charge in [-0.15, -0.1) is 0 Å². The number of amides is 1. The summed E-state index contributed by atoms with van der Waals surface area (Å²) in [5, 5.41) is 0. The third-order valence-corrected chi connectivity index (χ3v) is 5.91. The van der Waals surface area contributed by atoms with E-state index in [1.165, 1.54) is 29.5 Å². The Bertz CT molecular complexity index is 826. The zero-order valence-electron chi connectivity index (χ0n) is 16.7. The molecule has 0 bridgehead atoms. The van der Waals surface area contributed by atoms with Crippen LogP contribution >= 0.6 is 0 Å². The standard InChI is InChI=1S/C24H29NO3/c1-27-22-11-10-19-13-14-25(17-20(19)16-22)24(26)12-9-18-5-4-8-23(15-18)28-21-6-2-3-7-21/h4-5,8,10-11,15-16,21H,2-3,6-7,9,12-14,17H2,1H3. The van der Waals surface area contributed by atoms with Crippen molar-refractivity contribution in [1.82, 2.24) is 4.90 Å². The monoisotopic (exact) mass is 379 g/mol. The van der Waals surface area contributed by atoms with Gasteiger partial charge in [-0.05, 0) is 79.5 Å². The van der Waals surface area contributed by atoms with Crippen LogP contribution in [0.4, 0.5) is 0 Å². The molecule has 148 valence electrons. The fourth-order valence-corrected chi connectivity index (χ4v) is 4.26. The van der Waals surface area contributed by atoms with E-state index < -0.39 is 0 Å². The van der Waals surface area contributed by atoms with Gasteiger partial charge in [0.05, 0.1) is 13.2 Å². The van der Waals surface area contributed by atoms with Crippen molar-refractivity contribution >= 4 is 5.91 Å². The highest BCUT2D eigenvalue weighted by Crippen LogP contribution is 2.26. The van der Waals surface area contributed by atoms with Crippen molar-refractivity contribution in [3.8, 4) is 11.5 Å². The Morgan fingerprint density at radius 3 is 2.75 bits per heavy atom. The number of hydrogen-bond acceptors (Lipinski definition) is 3. The van der Waals surface area contributed by atoms with Gasteiger partial charge in [0.15, 0.2) is 0 Å². The Balaban J connectivity index is 1.33. The average molecular weight is 380 g/mol. The molecule has 4 heteroatoms. The molecule has 0 N–H and O–H groups in total. The molecule has 0 radical (unpaired) electrons. The maximum absolute atomic E-state index is 12.8. The summed E-state index contributed by atoms with van der Waals surface area (Å²) in [6.45, 7) is 1.47. The van der Waals surface area contributed by atoms with Crippen molar-refractivity contribution in [3.63, 3.8) is 0 Å². The molecule has 1 heterocycles. The van der Waals surface area contributed by atoms with E-state index in [0.717, 1.165) is 43.7 Å². The van der Waals surface area contributed by atoms with Crippen LogP contribution in [0.2, 0.25) is 0 Å². The van der Waals surface area contributed by atoms with Gasteiger partial charge in [0.1, 0.15) is 11.5 Å². The first-order chi connectivity index (χ1) is 13.7. The lowest BCUT2D eigenvalue weighted by Gasteiger charge is -2.29. The summed E-state index contributed by atoms with van der Waals surface area (Å²) in [6.07, 6.45) is 7.41. The van der Waals surface area contributed by atoms with Gasteiger partial charge in [-0.25, -0.2) is 0 Å². The van der Waals surface area contributed by atoms with Crippen LogP contribution in [0.3, 0.4) is 0 Å². The van der Waals surface area contributed by atoms with E-state index >= 15 is 0 Å². The molecule has 0 atom stereocenters. The summed E-state index contributed by atoms with van der Waals surface area (Å²) in [7, 11) is 1.68. The summed E-state index contributed by atoms with van der Waals surface area (Å²) in [5.41, 5.74) is 3.69. The molecular weight excluding hydrogens is 350 g/mol. The van der Waals surface area contributed by atoms with Crippen molar-refractivity contribution in [2.24, 2.45) is 0 Å². The molecule has 28 heavy (non-hydrogen) atoms. The number of benzene rings is 2. The number of hydrogen-bond donors (Lipinski definition) is 0. The molecule has 0 unspecified atom stereocenters. The lowest BCUT2D eigenvalue weighted by molar-refractivity contribution is -0.132. The van der Waals surface area contributed by atoms with E-state index in [2.05, 4.69) is 24.3 Å². The van der Waals surface area contributed by atoms with Crippen LogP contribution in [0.5, 0.6) is 11.5 Å². The normalized spacial score (nSPS) is 16.7. The van der Waals surface area contributed by atoms with E-state index in [-0.39, 0.29) is 5.91 Å². The van der Waals surface area contributed by atoms with Crippen molar-refractivity contribution in [2.45, 2.75) is 57.6 Å². The van der Waals surface area contributed by atoms with Gasteiger partial charge >= 0.3 is 0 Å². The molecule has 2 aromatic carbocycles. The van der Waals surface area contributed by atoms with Gasteiger partial charge in [0.2, 0.25) is 5.91 Å². The summed E-state index contributed by atoms with van der Waals surface area (Å²) < 4.78 is 11.4. The van der Waals surface area contributed by atoms with Crippen LogP contribution in [-0.4, -0.2) is 30.6 Å². The molecule has 4 rings (SSSR count). The van der Waals surface area contributed by atoms with Gasteiger partial charge in [0.25, 0.3) is 0 Å². The average Bonchev–Trinajstić information content (AvgIpc) is 3.24. The largest absolute Gasteiger partial charge is 0.497 e. The number of ether oxygens (including phenoxy) is 2. The Morgan fingerprint density at radius 2 is 1.93 bits per heavy atom. The third kappa shape index (κ3) is 4.49. The molecule has 4 nitrogen and oxygen atoms in total. The van der Waals surface area contributed by atoms with Crippen molar-refractivity contribution in [1.29, 1.82) is 0 Å². The second-order valence-corrected chi connectivity index (χ2v) is 7.87. The molecule has 0 aromatic heterocycles. The first-order valence-corrected chi connectivity index (χ1v) is 10.4. The van der Waals surface area contributed by atoms with Gasteiger partial charge < -0.3 is 14.4 Å². The van der Waals surface area contributed by atoms with Gasteiger partial charge in [-0.2, -0.15) is 0 Å². The minimum atomic E-state index is 0.218. The van der Waals surface area contributed by atoms with Crippen molar-refractivity contribution < 1.29 is 14.3 Å². The second-order valence-electron chi connectivity index (χ2n) is 7.87. The summed E-state index contributed by atoms with van der Waals surface area (Å²) in [6, 6.07) is 14.4. The number of methoxy groups -OCH3 is 1. The predicted molar refractivity (Wildman–Crippen MR) is 110 cm³/mol. The number of carbonyl (C=O) groups excluding carboxylic acids is 1. The predicted octanol–water partition coefficient (Wildman–Crippen LogP) is 4.53. The third-order valence-electron chi connectivity index (χ3n) is 5.91. The fraction of sp³-hybridized carbons (Fsp3) is 0.458. The zero-order valence-corrected chi connectivity index (χ0v) is 16.7. The van der Waals surface area contributed by atoms with Crippen molar-refractivity contribution in [3.05, 3.63) is 59.2 Å². The van der Waals surface area contributed by atoms with Crippen LogP contribution in [0, 0.1) is 0 Å². The lowest BCUT2D eigenvalue weighted by atomic mass is 9.99. The number of carbonyl (C=O) groups is 1. The number of rotatable bonds is 6. The molecule has 1 aliphatic carbocycles. The lowest BCUT2D eigenvalue weighted by Crippen LogP contribution is -2.36. The molecule has 0 spiro atoms. The van der Waals surface area contributed by atoms with Crippen LogP contribution in [0.25, 0.3) is 0 Å². The van der Waals surface area contributed by atoms with E-state index in [1.807, 2.05) is 23.1 Å². The van der Waals surface area contributed by atoms with Crippen LogP contribution in [-0.2, 0) is 24.2 Å². The Morgan fingerprint density at radius 1 is 1.07 bits per heavy atom. The Hall–Kier alpha value is -2.49. The highest BCUT2D eigenvalue weighted by molar-refractivity contribution is 5.76. The highest BCUT2D eigenvalue weighted by atomic mass is 16.5. The topological polar surface area (TPSA) is 38.8 Å². The van der Waals surface area contributed by atoms with Gasteiger partial charge in [0, 0.05) is 19.5 Å². The summed E-state index contributed by atoms with van der Waals surface area (Å²) >= 11 is 0. The zero-order chi connectivity index (χ0) is 19.3. The van der Waals surface area contributed by atoms with E-state index in [0.29, 0.717) is 19.1 Å². The number of fused-ring (bicyclic) bond motifs is 1. The molecule has 1 amide bonds. The molecule has 2 aromatic rings. The van der Waals surface area contributed by atoms with E-state index in [1.54, 1.807) is 7.11 Å². The first kappa shape index (κ1) is 18.9. The minimum absolute atomic E-state index is 0.218. The summed E-state index contributed by atoms with van der Waals surface area (Å²) in [4.78, 5) is 14.7. The van der Waals surface area contributed by atoms with E-state index in [9.17, 15) is 4.79 Å². The first-order valence-electron chi connectivity index (χ1n) is 10.4. The SMILES string of the molecule is COc1ccc2c(c1)CN(C(=O)CCc1cccc(OC3CCCC3)c1)CC2. The maximum atomic E-state index is 12.8.